The third-order valence-electron chi connectivity index (χ3n) is 17.7. The lowest BCUT2D eigenvalue weighted by molar-refractivity contribution is -0.367. The number of hydrogen-bond donors (Lipinski definition) is 8. The van der Waals surface area contributed by atoms with Crippen molar-refractivity contribution in [2.45, 2.75) is 185 Å². The van der Waals surface area contributed by atoms with Crippen LogP contribution in [-0.4, -0.2) is 178 Å². The molecular weight excluding hydrogens is 1220 g/mol. The number of allylic oxidation sites excluding steroid dienone is 3. The lowest BCUT2D eigenvalue weighted by Crippen LogP contribution is -2.85. The highest BCUT2D eigenvalue weighted by molar-refractivity contribution is 5.96. The molecule has 27 heteroatoms. The number of hydrogen-bond acceptors (Lipinski definition) is 20. The number of esters is 4. The fourth-order valence-electron chi connectivity index (χ4n) is 13.4. The molecule has 3 fully saturated rings. The molecule has 2 aromatic rings. The zero-order valence-corrected chi connectivity index (χ0v) is 54.1. The Balaban J connectivity index is 1.37. The predicted octanol–water partition coefficient (Wildman–Crippen LogP) is 5.86. The van der Waals surface area contributed by atoms with Crippen LogP contribution in [0, 0.1) is 16.7 Å². The van der Waals surface area contributed by atoms with Crippen LogP contribution >= 0.6 is 0 Å². The summed E-state index contributed by atoms with van der Waals surface area (Å²) >= 11 is 0. The monoisotopic (exact) mass is 1300 g/mol. The van der Waals surface area contributed by atoms with Crippen LogP contribution in [0.2, 0.25) is 0 Å². The van der Waals surface area contributed by atoms with E-state index in [9.17, 15) is 58.5 Å². The van der Waals surface area contributed by atoms with Crippen LogP contribution in [0.15, 0.2) is 102 Å². The Bertz CT molecular complexity index is 3320. The minimum atomic E-state index is -2.48. The lowest BCUT2D eigenvalue weighted by Gasteiger charge is -2.71. The molecule has 8 N–H and O–H groups in total. The van der Waals surface area contributed by atoms with Crippen molar-refractivity contribution in [3.8, 4) is 0 Å². The number of Topliss-reactive ketones (excluding diaryl/α,β-unsaturated/α-hetero) is 1. The molecule has 4 aliphatic rings. The maximum atomic E-state index is 16.1. The van der Waals surface area contributed by atoms with Gasteiger partial charge in [-0.3, -0.25) is 24.0 Å². The number of alkyl carbamates (subject to hydrolysis) is 1. The smallest absolute Gasteiger partial charge is 0.408 e. The Morgan fingerprint density at radius 3 is 2.01 bits per heavy atom. The third kappa shape index (κ3) is 15.8. The largest absolute Gasteiger partial charge is 0.481 e. The number of aliphatic carboxylic acids is 3. The average molecular weight is 1300 g/mol. The Hall–Kier alpha value is -8.79. The van der Waals surface area contributed by atoms with Gasteiger partial charge in [0.1, 0.15) is 53.2 Å². The minimum Gasteiger partial charge on any atom is -0.481 e. The van der Waals surface area contributed by atoms with Gasteiger partial charge in [-0.05, 0) is 101 Å². The summed E-state index contributed by atoms with van der Waals surface area (Å²) in [6.45, 7) is 19.2. The van der Waals surface area contributed by atoms with Crippen molar-refractivity contribution in [1.29, 1.82) is 0 Å². The molecule has 0 spiro atoms. The fourth-order valence-corrected chi connectivity index (χ4v) is 13.4. The summed E-state index contributed by atoms with van der Waals surface area (Å²) in [5.41, 5.74) is -10.4. The summed E-state index contributed by atoms with van der Waals surface area (Å²) in [6.07, 6.45) is -5.53. The Morgan fingerprint density at radius 2 is 1.46 bits per heavy atom. The zero-order valence-electron chi connectivity index (χ0n) is 54.1. The molecule has 1 heterocycles. The van der Waals surface area contributed by atoms with Crippen molar-refractivity contribution >= 4 is 71.3 Å². The van der Waals surface area contributed by atoms with Crippen molar-refractivity contribution in [3.05, 3.63) is 113 Å². The van der Waals surface area contributed by atoms with E-state index in [0.717, 1.165) is 0 Å². The summed E-state index contributed by atoms with van der Waals surface area (Å²) in [6, 6.07) is 7.37. The first-order valence-electron chi connectivity index (χ1n) is 30.1. The molecule has 506 valence electrons. The van der Waals surface area contributed by atoms with E-state index in [4.69, 9.17) is 43.0 Å². The summed E-state index contributed by atoms with van der Waals surface area (Å²) in [7, 11) is 2.66. The Labute approximate surface area is 537 Å². The second-order valence-electron chi connectivity index (χ2n) is 25.4. The van der Waals surface area contributed by atoms with Gasteiger partial charge in [0.25, 0.3) is 0 Å². The number of carboxylic acids is 3. The van der Waals surface area contributed by atoms with E-state index >= 15 is 9.59 Å². The second kappa shape index (κ2) is 29.4. The molecule has 2 saturated carbocycles. The summed E-state index contributed by atoms with van der Waals surface area (Å²) in [5, 5.41) is 51.9. The van der Waals surface area contributed by atoms with Gasteiger partial charge < -0.3 is 79.6 Å². The average Bonchev–Trinajstić information content (AvgIpc) is 0.658. The van der Waals surface area contributed by atoms with Crippen LogP contribution in [0.4, 0.5) is 15.3 Å². The number of carbonyl (C=O) groups excluding carboxylic acids is 8. The molecule has 0 radical (unpaired) electrons. The van der Waals surface area contributed by atoms with E-state index in [1.54, 1.807) is 85.7 Å². The minimum absolute atomic E-state index is 0.0135. The molecule has 1 saturated heterocycles. The number of rotatable bonds is 26. The number of urea groups is 1. The summed E-state index contributed by atoms with van der Waals surface area (Å²) in [4.78, 5) is 149. The van der Waals surface area contributed by atoms with Crippen molar-refractivity contribution < 1.29 is 111 Å². The SMILES string of the molecule is C=C(/C=C\C=C/C)[C@H](NC(=O)OC(C)(C)C)[C@@H](OC(=O)CCC(=O)Nc1ccc(C[C@H](NC(=O)N[C@@H](CCC(=O)O)C(=O)O)C(=O)O)cc1)C(=O)O[C@H]1C[C@]2(O)C(C)(C)C(=C1C)[C@@H](OC)C(=O)[C@]1(C)[C@@H](OC)C[C@H]3OC[C@@]3(OC(C)=O)[C@H]1[C@@]2(C)OC(=O)c1ccccc1. The summed E-state index contributed by atoms with van der Waals surface area (Å²) < 4.78 is 49.5. The number of nitrogens with one attached hydrogen (secondary N) is 4. The first-order valence-corrected chi connectivity index (χ1v) is 30.1. The maximum absolute atomic E-state index is 16.1. The number of fused-ring (bicyclic) bond motifs is 5. The Kier molecular flexibility index (Phi) is 23.2. The van der Waals surface area contributed by atoms with Crippen LogP contribution < -0.4 is 21.3 Å². The number of ketones is 1. The molecule has 0 aromatic heterocycles. The molecule has 3 aliphatic carbocycles. The van der Waals surface area contributed by atoms with Crippen molar-refractivity contribution in [2.75, 3.05) is 26.1 Å². The van der Waals surface area contributed by atoms with E-state index in [-0.39, 0.29) is 47.4 Å². The molecule has 27 nitrogen and oxygen atoms in total. The highest BCUT2D eigenvalue weighted by atomic mass is 16.6. The number of ether oxygens (including phenoxy) is 8. The molecule has 2 aromatic carbocycles. The zero-order chi connectivity index (χ0) is 69.3. The molecule has 93 heavy (non-hydrogen) atoms. The topological polar surface area (TPSA) is 391 Å². The van der Waals surface area contributed by atoms with E-state index in [2.05, 4.69) is 22.5 Å². The van der Waals surface area contributed by atoms with Gasteiger partial charge in [0.05, 0.1) is 36.0 Å². The van der Waals surface area contributed by atoms with Gasteiger partial charge in [0, 0.05) is 64.3 Å². The number of methoxy groups -OCH3 is 2. The highest BCUT2D eigenvalue weighted by Crippen LogP contribution is 2.68. The van der Waals surface area contributed by atoms with E-state index in [1.807, 2.05) is 5.32 Å². The number of anilines is 1. The quantitative estimate of drug-likeness (QED) is 0.0237. The molecule has 0 unspecified atom stereocenters. The van der Waals surface area contributed by atoms with Crippen LogP contribution in [-0.2, 0) is 82.7 Å². The van der Waals surface area contributed by atoms with E-state index in [1.165, 1.54) is 76.6 Å². The van der Waals surface area contributed by atoms with E-state index < -0.39 is 186 Å². The predicted molar refractivity (Wildman–Crippen MR) is 329 cm³/mol. The molecule has 6 rings (SSSR count). The van der Waals surface area contributed by atoms with Crippen LogP contribution in [0.3, 0.4) is 0 Å². The number of amides is 4. The highest BCUT2D eigenvalue weighted by Gasteiger charge is 2.82. The fraction of sp³-hybridized carbons (Fsp3) is 0.530. The van der Waals surface area contributed by atoms with Gasteiger partial charge in [0.2, 0.25) is 12.0 Å². The first-order chi connectivity index (χ1) is 43.4. The van der Waals surface area contributed by atoms with Crippen LogP contribution in [0.25, 0.3) is 0 Å². The molecule has 4 amide bonds. The Morgan fingerprint density at radius 1 is 0.828 bits per heavy atom. The van der Waals surface area contributed by atoms with Gasteiger partial charge in [-0.1, -0.05) is 75.1 Å². The molecule has 13 atom stereocenters. The number of aliphatic hydroxyl groups is 1. The van der Waals surface area contributed by atoms with Gasteiger partial charge in [-0.15, -0.1) is 0 Å². The second-order valence-corrected chi connectivity index (χ2v) is 25.4. The van der Waals surface area contributed by atoms with E-state index in [0.29, 0.717) is 5.56 Å². The van der Waals surface area contributed by atoms with Gasteiger partial charge >= 0.3 is 53.9 Å². The molecular formula is C66H84N4O23. The van der Waals surface area contributed by atoms with Crippen LogP contribution in [0.1, 0.15) is 124 Å². The number of benzene rings is 2. The maximum Gasteiger partial charge on any atom is 0.408 e. The number of carbonyl (C=O) groups is 11. The van der Waals surface area contributed by atoms with Crippen molar-refractivity contribution in [1.82, 2.24) is 16.0 Å². The normalized spacial score (nSPS) is 26.7. The number of carboxylic acid groups (broad SMARTS) is 3. The van der Waals surface area contributed by atoms with Crippen molar-refractivity contribution in [3.63, 3.8) is 0 Å². The van der Waals surface area contributed by atoms with Gasteiger partial charge in [0.15, 0.2) is 11.4 Å². The third-order valence-corrected chi connectivity index (χ3v) is 17.7. The lowest BCUT2D eigenvalue weighted by atomic mass is 9.41. The standard InChI is InChI=1S/C66H84N4O23/c1-14-15-17-20-35(2)50(70-60(84)93-61(5,6)7)52(90-48(75)30-28-46(72)67-40-25-23-38(24-26-40)31-42(55(79)80)69-59(83)68-41(54(77)78)27-29-47(73)74)57(82)89-43-33-66(85)62(8,9)49(36(43)3)51(87-13)53(76)63(10)44(86-12)32-45-65(34-88-45,91-37(4)71)58(63)64(66,11)92-56(81)39-21-18-16-19-22-39/h14-26,41-45,50-52,58,85H,2,27-34H2,1,3-13H3,(H,67,72)(H,70,84)(H,73,74)(H,77,78)(H,79,80)(H2,68,69,83)/b15-14-,20-17-/t41-,42-,43-,44-,45+,50-,51+,52+,58+,63-,64+,65-,66-/m0/s1. The van der Waals surface area contributed by atoms with Gasteiger partial charge in [-0.25, -0.2) is 28.8 Å². The van der Waals surface area contributed by atoms with Crippen LogP contribution in [0.5, 0.6) is 0 Å². The molecule has 1 aliphatic heterocycles. The first kappa shape index (κ1) is 73.3. The summed E-state index contributed by atoms with van der Waals surface area (Å²) in [5.74, 6) is -11.5. The van der Waals surface area contributed by atoms with Gasteiger partial charge in [-0.2, -0.15) is 0 Å². The van der Waals surface area contributed by atoms with Crippen molar-refractivity contribution in [2.24, 2.45) is 16.7 Å². The molecule has 2 bridgehead atoms.